The van der Waals surface area contributed by atoms with Crippen molar-refractivity contribution in [2.45, 2.75) is 65.3 Å². The van der Waals surface area contributed by atoms with E-state index in [9.17, 15) is 9.59 Å². The zero-order valence-electron chi connectivity index (χ0n) is 12.3. The van der Waals surface area contributed by atoms with Crippen LogP contribution in [0.4, 0.5) is 0 Å². The quantitative estimate of drug-likeness (QED) is 0.567. The molecule has 3 nitrogen and oxygen atoms in total. The molecule has 0 spiro atoms. The van der Waals surface area contributed by atoms with Crippen molar-refractivity contribution >= 4 is 17.8 Å². The van der Waals surface area contributed by atoms with E-state index < -0.39 is 5.92 Å². The number of rotatable bonds is 2. The summed E-state index contributed by atoms with van der Waals surface area (Å²) in [6, 6.07) is 0.310. The predicted octanol–water partition coefficient (Wildman–Crippen LogP) is 3.21. The molecular weight excluding hydrogens is 238 g/mol. The van der Waals surface area contributed by atoms with Gasteiger partial charge in [0.25, 0.3) is 0 Å². The van der Waals surface area contributed by atoms with E-state index in [0.29, 0.717) is 24.8 Å². The highest BCUT2D eigenvalue weighted by Crippen LogP contribution is 2.33. The summed E-state index contributed by atoms with van der Waals surface area (Å²) in [7, 11) is 0. The molecular formula is C16H25NO2. The van der Waals surface area contributed by atoms with Gasteiger partial charge in [-0.15, -0.1) is 0 Å². The van der Waals surface area contributed by atoms with Crippen molar-refractivity contribution < 1.29 is 9.59 Å². The van der Waals surface area contributed by atoms with Crippen LogP contribution in [0.25, 0.3) is 0 Å². The zero-order chi connectivity index (χ0) is 14.0. The molecule has 0 bridgehead atoms. The van der Waals surface area contributed by atoms with Crippen molar-refractivity contribution in [2.24, 2.45) is 22.2 Å². The molecule has 0 heterocycles. The van der Waals surface area contributed by atoms with E-state index in [2.05, 4.69) is 11.9 Å². The van der Waals surface area contributed by atoms with Crippen molar-refractivity contribution in [3.63, 3.8) is 0 Å². The van der Waals surface area contributed by atoms with E-state index in [0.717, 1.165) is 6.42 Å². The third kappa shape index (κ3) is 3.52. The van der Waals surface area contributed by atoms with Crippen LogP contribution < -0.4 is 0 Å². The van der Waals surface area contributed by atoms with Crippen LogP contribution in [0.5, 0.6) is 0 Å². The lowest BCUT2D eigenvalue weighted by molar-refractivity contribution is -0.136. The minimum absolute atomic E-state index is 0.0495. The Morgan fingerprint density at radius 3 is 2.26 bits per heavy atom. The Hall–Kier alpha value is -0.990. The highest BCUT2D eigenvalue weighted by atomic mass is 16.2. The van der Waals surface area contributed by atoms with Crippen LogP contribution in [0.3, 0.4) is 0 Å². The second-order valence-corrected chi connectivity index (χ2v) is 7.06. The Morgan fingerprint density at radius 2 is 1.68 bits per heavy atom. The van der Waals surface area contributed by atoms with Gasteiger partial charge in [0.15, 0.2) is 0 Å². The number of ketones is 2. The summed E-state index contributed by atoms with van der Waals surface area (Å²) in [4.78, 5) is 28.7. The fourth-order valence-corrected chi connectivity index (χ4v) is 3.29. The summed E-state index contributed by atoms with van der Waals surface area (Å²) in [6.07, 6.45) is 7.45. The largest absolute Gasteiger partial charge is 0.298 e. The standard InChI is InChI=1S/C16H25NO2/c1-11-6-4-5-7-13(11)17-10-12-14(18)8-16(2,3)9-15(12)19/h10-13H,4-9H2,1-3H3/t11-,13+/m1/s1. The van der Waals surface area contributed by atoms with E-state index in [1.165, 1.54) is 19.3 Å². The lowest BCUT2D eigenvalue weighted by Gasteiger charge is -2.31. The van der Waals surface area contributed by atoms with Gasteiger partial charge >= 0.3 is 0 Å². The molecule has 0 unspecified atom stereocenters. The zero-order valence-corrected chi connectivity index (χ0v) is 12.3. The SMILES string of the molecule is C[C@@H]1CCCC[C@@H]1N=CC1C(=O)CC(C)(C)CC1=O. The van der Waals surface area contributed by atoms with Gasteiger partial charge < -0.3 is 0 Å². The van der Waals surface area contributed by atoms with Crippen LogP contribution in [-0.4, -0.2) is 23.8 Å². The van der Waals surface area contributed by atoms with Crippen LogP contribution in [0, 0.1) is 17.3 Å². The number of nitrogens with zero attached hydrogens (tertiary/aromatic N) is 1. The molecule has 2 aliphatic rings. The first-order chi connectivity index (χ1) is 8.89. The van der Waals surface area contributed by atoms with Gasteiger partial charge in [0.2, 0.25) is 0 Å². The van der Waals surface area contributed by atoms with Gasteiger partial charge in [-0.2, -0.15) is 0 Å². The number of carbonyl (C=O) groups is 2. The van der Waals surface area contributed by atoms with E-state index in [4.69, 9.17) is 0 Å². The topological polar surface area (TPSA) is 46.5 Å². The first-order valence-corrected chi connectivity index (χ1v) is 7.48. The fourth-order valence-electron chi connectivity index (χ4n) is 3.29. The fraction of sp³-hybridized carbons (Fsp3) is 0.812. The van der Waals surface area contributed by atoms with Gasteiger partial charge in [-0.25, -0.2) is 0 Å². The Kier molecular flexibility index (Phi) is 4.22. The summed E-state index contributed by atoms with van der Waals surface area (Å²) in [5, 5.41) is 0. The smallest absolute Gasteiger partial charge is 0.149 e. The molecule has 0 N–H and O–H groups in total. The third-order valence-corrected chi connectivity index (χ3v) is 4.49. The van der Waals surface area contributed by atoms with Crippen molar-refractivity contribution in [2.75, 3.05) is 0 Å². The van der Waals surface area contributed by atoms with Crippen molar-refractivity contribution in [1.82, 2.24) is 0 Å². The first-order valence-electron chi connectivity index (χ1n) is 7.48. The van der Waals surface area contributed by atoms with Crippen molar-refractivity contribution in [3.8, 4) is 0 Å². The first kappa shape index (κ1) is 14.4. The van der Waals surface area contributed by atoms with Crippen molar-refractivity contribution in [1.29, 1.82) is 0 Å². The predicted molar refractivity (Wildman–Crippen MR) is 76.4 cm³/mol. The van der Waals surface area contributed by atoms with Gasteiger partial charge in [0, 0.05) is 19.1 Å². The van der Waals surface area contributed by atoms with Crippen LogP contribution >= 0.6 is 0 Å². The number of carbonyl (C=O) groups excluding carboxylic acids is 2. The molecule has 2 atom stereocenters. The van der Waals surface area contributed by atoms with Crippen LogP contribution in [0.15, 0.2) is 4.99 Å². The molecule has 2 fully saturated rings. The molecule has 2 saturated carbocycles. The Balaban J connectivity index is 2.02. The van der Waals surface area contributed by atoms with E-state index >= 15 is 0 Å². The highest BCUT2D eigenvalue weighted by Gasteiger charge is 2.38. The van der Waals surface area contributed by atoms with Crippen LogP contribution in [0.2, 0.25) is 0 Å². The Labute approximate surface area is 115 Å². The molecule has 106 valence electrons. The van der Waals surface area contributed by atoms with Gasteiger partial charge in [-0.3, -0.25) is 14.6 Å². The molecule has 0 aromatic rings. The molecule has 19 heavy (non-hydrogen) atoms. The molecule has 0 radical (unpaired) electrons. The van der Waals surface area contributed by atoms with E-state index in [1.54, 1.807) is 6.21 Å². The maximum Gasteiger partial charge on any atom is 0.149 e. The molecule has 0 aliphatic heterocycles. The molecule has 3 heteroatoms. The molecule has 0 amide bonds. The summed E-state index contributed by atoms with van der Waals surface area (Å²) in [5.74, 6) is 0.110. The second-order valence-electron chi connectivity index (χ2n) is 7.06. The van der Waals surface area contributed by atoms with Crippen LogP contribution in [0.1, 0.15) is 59.3 Å². The Morgan fingerprint density at radius 1 is 1.11 bits per heavy atom. The number of aliphatic imine (C=N–C) groups is 1. The minimum atomic E-state index is -0.567. The third-order valence-electron chi connectivity index (χ3n) is 4.49. The maximum absolute atomic E-state index is 12.1. The molecule has 0 aromatic carbocycles. The average Bonchev–Trinajstić information content (AvgIpc) is 2.28. The Bertz CT molecular complexity index is 378. The number of hydrogen-bond donors (Lipinski definition) is 0. The van der Waals surface area contributed by atoms with E-state index in [1.807, 2.05) is 13.8 Å². The minimum Gasteiger partial charge on any atom is -0.298 e. The number of hydrogen-bond acceptors (Lipinski definition) is 3. The van der Waals surface area contributed by atoms with Gasteiger partial charge in [0.1, 0.15) is 17.5 Å². The summed E-state index contributed by atoms with van der Waals surface area (Å²) < 4.78 is 0. The number of Topliss-reactive ketones (excluding diaryl/α,β-unsaturated/α-hetero) is 2. The van der Waals surface area contributed by atoms with Crippen molar-refractivity contribution in [3.05, 3.63) is 0 Å². The second kappa shape index (κ2) is 5.56. The van der Waals surface area contributed by atoms with Gasteiger partial charge in [-0.1, -0.05) is 33.6 Å². The maximum atomic E-state index is 12.1. The summed E-state index contributed by atoms with van der Waals surface area (Å²) in [6.45, 7) is 6.19. The average molecular weight is 263 g/mol. The molecule has 0 saturated heterocycles. The monoisotopic (exact) mass is 263 g/mol. The summed E-state index contributed by atoms with van der Waals surface area (Å²) in [5.41, 5.74) is -0.170. The highest BCUT2D eigenvalue weighted by molar-refractivity contribution is 6.16. The summed E-state index contributed by atoms with van der Waals surface area (Å²) >= 11 is 0. The molecule has 2 rings (SSSR count). The lowest BCUT2D eigenvalue weighted by Crippen LogP contribution is -2.38. The van der Waals surface area contributed by atoms with Gasteiger partial charge in [-0.05, 0) is 24.2 Å². The van der Waals surface area contributed by atoms with Gasteiger partial charge in [0.05, 0.1) is 6.04 Å². The molecule has 0 aromatic heterocycles. The normalized spacial score (nSPS) is 33.0. The lowest BCUT2D eigenvalue weighted by atomic mass is 9.72. The van der Waals surface area contributed by atoms with E-state index in [-0.39, 0.29) is 17.0 Å². The van der Waals surface area contributed by atoms with Crippen LogP contribution in [-0.2, 0) is 9.59 Å². The molecule has 2 aliphatic carbocycles.